The molecule has 1 N–H and O–H groups in total. The molecule has 1 atom stereocenters. The third kappa shape index (κ3) is 3.03. The van der Waals surface area contributed by atoms with Crippen LogP contribution < -0.4 is 15.0 Å². The first-order valence-corrected chi connectivity index (χ1v) is 10.1. The molecule has 0 aromatic heterocycles. The van der Waals surface area contributed by atoms with Gasteiger partial charge in [-0.1, -0.05) is 68.5 Å². The van der Waals surface area contributed by atoms with Crippen LogP contribution in [0.25, 0.3) is 6.08 Å². The molecule has 2 aliphatic heterocycles. The number of benzene rings is 2. The normalized spacial score (nSPS) is 22.2. The van der Waals surface area contributed by atoms with E-state index in [-0.39, 0.29) is 11.3 Å². The third-order valence-corrected chi connectivity index (χ3v) is 6.17. The van der Waals surface area contributed by atoms with Gasteiger partial charge in [0.2, 0.25) is 5.91 Å². The highest BCUT2D eigenvalue weighted by molar-refractivity contribution is 5.85. The van der Waals surface area contributed by atoms with Gasteiger partial charge in [-0.25, -0.2) is 0 Å². The molecule has 150 valence electrons. The summed E-state index contributed by atoms with van der Waals surface area (Å²) < 4.78 is 5.82. The first kappa shape index (κ1) is 19.3. The van der Waals surface area contributed by atoms with Gasteiger partial charge in [-0.2, -0.15) is 0 Å². The number of carbonyl (C=O) groups is 1. The maximum atomic E-state index is 12.5. The number of ether oxygens (including phenoxy) is 1. The van der Waals surface area contributed by atoms with Crippen LogP contribution in [0.4, 0.5) is 5.69 Å². The fourth-order valence-electron chi connectivity index (χ4n) is 4.58. The molecule has 0 spiro atoms. The lowest BCUT2D eigenvalue weighted by molar-refractivity contribution is -0.124. The molecule has 0 unspecified atom stereocenters. The van der Waals surface area contributed by atoms with Crippen molar-refractivity contribution in [2.45, 2.75) is 38.3 Å². The zero-order valence-corrected chi connectivity index (χ0v) is 17.4. The smallest absolute Gasteiger partial charge is 0.223 e. The Morgan fingerprint density at radius 3 is 2.83 bits per heavy atom. The molecule has 1 amide bonds. The van der Waals surface area contributed by atoms with Gasteiger partial charge >= 0.3 is 0 Å². The van der Waals surface area contributed by atoms with Gasteiger partial charge < -0.3 is 15.0 Å². The Morgan fingerprint density at radius 1 is 1.24 bits per heavy atom. The molecule has 2 aliphatic rings. The Morgan fingerprint density at radius 2 is 2.03 bits per heavy atom. The second-order valence-corrected chi connectivity index (χ2v) is 8.33. The second kappa shape index (κ2) is 7.11. The standard InChI is InChI=1S/C25H28N2O2/c1-5-16-29-22-9-7-6-8-19(22)12-14-25-24(3,4)20-17-18(2)10-11-21(20)27(25)15-13-23(28)26-25/h5-12,14,17H,1,13,15-16H2,2-4H3,(H,26,28)/t25-/m1/s1. The van der Waals surface area contributed by atoms with Crippen molar-refractivity contribution in [2.75, 3.05) is 18.1 Å². The molecule has 0 radical (unpaired) electrons. The summed E-state index contributed by atoms with van der Waals surface area (Å²) in [4.78, 5) is 14.9. The van der Waals surface area contributed by atoms with Crippen LogP contribution in [-0.2, 0) is 10.2 Å². The van der Waals surface area contributed by atoms with E-state index in [1.807, 2.05) is 24.3 Å². The third-order valence-electron chi connectivity index (χ3n) is 6.17. The zero-order valence-electron chi connectivity index (χ0n) is 17.4. The Bertz CT molecular complexity index is 992. The second-order valence-electron chi connectivity index (χ2n) is 8.33. The summed E-state index contributed by atoms with van der Waals surface area (Å²) in [6.45, 7) is 11.4. The number of nitrogens with zero attached hydrogens (tertiary/aromatic N) is 1. The largest absolute Gasteiger partial charge is 0.489 e. The van der Waals surface area contributed by atoms with Crippen LogP contribution >= 0.6 is 0 Å². The number of nitrogens with one attached hydrogen (secondary N) is 1. The van der Waals surface area contributed by atoms with E-state index in [4.69, 9.17) is 4.74 Å². The number of hydrogen-bond donors (Lipinski definition) is 1. The average Bonchev–Trinajstić information content (AvgIpc) is 2.89. The van der Waals surface area contributed by atoms with Crippen molar-refractivity contribution in [3.63, 3.8) is 0 Å². The van der Waals surface area contributed by atoms with Crippen molar-refractivity contribution in [1.29, 1.82) is 0 Å². The molecule has 2 heterocycles. The quantitative estimate of drug-likeness (QED) is 0.762. The summed E-state index contributed by atoms with van der Waals surface area (Å²) in [5.74, 6) is 0.887. The molecule has 0 aliphatic carbocycles. The highest BCUT2D eigenvalue weighted by Gasteiger charge is 2.57. The van der Waals surface area contributed by atoms with Crippen LogP contribution in [0.1, 0.15) is 37.0 Å². The van der Waals surface area contributed by atoms with E-state index in [9.17, 15) is 4.79 Å². The molecule has 4 heteroatoms. The van der Waals surface area contributed by atoms with Gasteiger partial charge in [0, 0.05) is 29.6 Å². The Labute approximate surface area is 172 Å². The van der Waals surface area contributed by atoms with Crippen molar-refractivity contribution in [3.05, 3.63) is 77.9 Å². The predicted molar refractivity (Wildman–Crippen MR) is 118 cm³/mol. The molecule has 2 aromatic rings. The maximum absolute atomic E-state index is 12.5. The van der Waals surface area contributed by atoms with Crippen LogP contribution in [0.3, 0.4) is 0 Å². The van der Waals surface area contributed by atoms with Gasteiger partial charge in [-0.05, 0) is 30.7 Å². The molecule has 1 saturated heterocycles. The predicted octanol–water partition coefficient (Wildman–Crippen LogP) is 4.59. The van der Waals surface area contributed by atoms with E-state index in [0.29, 0.717) is 19.6 Å². The van der Waals surface area contributed by atoms with Crippen molar-refractivity contribution >= 4 is 17.7 Å². The first-order chi connectivity index (χ1) is 13.9. The Hall–Kier alpha value is -3.01. The van der Waals surface area contributed by atoms with Gasteiger partial charge in [-0.15, -0.1) is 0 Å². The summed E-state index contributed by atoms with van der Waals surface area (Å²) in [5.41, 5.74) is 3.75. The van der Waals surface area contributed by atoms with Gasteiger partial charge in [0.1, 0.15) is 18.0 Å². The lowest BCUT2D eigenvalue weighted by Gasteiger charge is -2.49. The number of para-hydroxylation sites is 1. The van der Waals surface area contributed by atoms with Crippen molar-refractivity contribution in [3.8, 4) is 5.75 Å². The van der Waals surface area contributed by atoms with Crippen molar-refractivity contribution in [1.82, 2.24) is 5.32 Å². The number of anilines is 1. The fourth-order valence-corrected chi connectivity index (χ4v) is 4.58. The van der Waals surface area contributed by atoms with E-state index in [1.54, 1.807) is 6.08 Å². The van der Waals surface area contributed by atoms with E-state index < -0.39 is 5.66 Å². The first-order valence-electron chi connectivity index (χ1n) is 10.1. The monoisotopic (exact) mass is 388 g/mol. The summed E-state index contributed by atoms with van der Waals surface area (Å²) in [6, 6.07) is 14.5. The van der Waals surface area contributed by atoms with Crippen LogP contribution in [0.15, 0.2) is 61.2 Å². The fraction of sp³-hybridized carbons (Fsp3) is 0.320. The summed E-state index contributed by atoms with van der Waals surface area (Å²) in [7, 11) is 0. The van der Waals surface area contributed by atoms with E-state index in [0.717, 1.165) is 11.3 Å². The van der Waals surface area contributed by atoms with E-state index >= 15 is 0 Å². The van der Waals surface area contributed by atoms with Crippen molar-refractivity contribution < 1.29 is 9.53 Å². The summed E-state index contributed by atoms with van der Waals surface area (Å²) >= 11 is 0. The number of amides is 1. The van der Waals surface area contributed by atoms with Gasteiger partial charge in [0.05, 0.1) is 0 Å². The van der Waals surface area contributed by atoms with Crippen LogP contribution in [-0.4, -0.2) is 24.7 Å². The Balaban J connectivity index is 1.81. The summed E-state index contributed by atoms with van der Waals surface area (Å²) in [6.07, 6.45) is 6.44. The van der Waals surface area contributed by atoms with Crippen molar-refractivity contribution in [2.24, 2.45) is 0 Å². The zero-order chi connectivity index (χ0) is 20.6. The highest BCUT2D eigenvalue weighted by atomic mass is 16.5. The molecule has 0 bridgehead atoms. The van der Waals surface area contributed by atoms with Crippen LogP contribution in [0, 0.1) is 6.92 Å². The maximum Gasteiger partial charge on any atom is 0.223 e. The van der Waals surface area contributed by atoms with E-state index in [1.165, 1.54) is 16.8 Å². The molecular formula is C25H28N2O2. The van der Waals surface area contributed by atoms with E-state index in [2.05, 4.69) is 67.9 Å². The molecular weight excluding hydrogens is 360 g/mol. The SMILES string of the molecule is C=CCOc1ccccc1C=C[C@@]12NC(=O)CCN1c1ccc(C)cc1C2(C)C. The van der Waals surface area contributed by atoms with Gasteiger partial charge in [-0.3, -0.25) is 4.79 Å². The molecule has 1 fully saturated rings. The number of rotatable bonds is 5. The molecule has 4 nitrogen and oxygen atoms in total. The highest BCUT2D eigenvalue weighted by Crippen LogP contribution is 2.52. The number of aryl methyl sites for hydroxylation is 1. The minimum atomic E-state index is -0.621. The molecule has 4 rings (SSSR count). The topological polar surface area (TPSA) is 41.6 Å². The lowest BCUT2D eigenvalue weighted by Crippen LogP contribution is -2.68. The molecule has 0 saturated carbocycles. The average molecular weight is 389 g/mol. The summed E-state index contributed by atoms with van der Waals surface area (Å²) in [5, 5.41) is 3.32. The number of hydrogen-bond acceptors (Lipinski definition) is 3. The van der Waals surface area contributed by atoms with Crippen LogP contribution in [0.5, 0.6) is 5.75 Å². The van der Waals surface area contributed by atoms with Gasteiger partial charge in [0.15, 0.2) is 0 Å². The number of carbonyl (C=O) groups excluding carboxylic acids is 1. The minimum Gasteiger partial charge on any atom is -0.489 e. The van der Waals surface area contributed by atoms with Crippen LogP contribution in [0.2, 0.25) is 0 Å². The van der Waals surface area contributed by atoms with Gasteiger partial charge in [0.25, 0.3) is 0 Å². The lowest BCUT2D eigenvalue weighted by atomic mass is 9.74. The molecule has 2 aromatic carbocycles. The minimum absolute atomic E-state index is 0.0831. The Kier molecular flexibility index (Phi) is 4.73. The number of fused-ring (bicyclic) bond motifs is 3. The molecule has 29 heavy (non-hydrogen) atoms.